The quantitative estimate of drug-likeness (QED) is 0.743. The van der Waals surface area contributed by atoms with Gasteiger partial charge in [0.1, 0.15) is 6.54 Å². The number of carbonyl (C=O) groups is 1. The number of anilines is 1. The Bertz CT molecular complexity index is 1020. The van der Waals surface area contributed by atoms with E-state index in [1.54, 1.807) is 12.4 Å². The van der Waals surface area contributed by atoms with Crippen molar-refractivity contribution in [2.75, 3.05) is 11.9 Å². The van der Waals surface area contributed by atoms with Crippen LogP contribution >= 0.6 is 11.6 Å². The standard InChI is InChI=1S/C19H20ClN5O2/c1-11-3-5-16-18(23-11)14-7-13(4-6-15(14)25(16)10-17(26)27)24(2)19-21-8-12(20)9-22-19/h3,5,8-9,13H,4,6-7,10H2,1-2H3,(H,26,27). The fourth-order valence-corrected chi connectivity index (χ4v) is 3.97. The normalized spacial score (nSPS) is 16.3. The van der Waals surface area contributed by atoms with Crippen molar-refractivity contribution in [3.05, 3.63) is 46.5 Å². The number of hydrogen-bond donors (Lipinski definition) is 1. The van der Waals surface area contributed by atoms with Gasteiger partial charge in [0.25, 0.3) is 0 Å². The number of carboxylic acid groups (broad SMARTS) is 1. The average molecular weight is 386 g/mol. The molecule has 1 aliphatic carbocycles. The van der Waals surface area contributed by atoms with Crippen LogP contribution in [-0.4, -0.2) is 43.7 Å². The van der Waals surface area contributed by atoms with E-state index >= 15 is 0 Å². The highest BCUT2D eigenvalue weighted by Crippen LogP contribution is 2.33. The topological polar surface area (TPSA) is 84.1 Å². The van der Waals surface area contributed by atoms with Gasteiger partial charge in [0.05, 0.1) is 28.4 Å². The number of hydrogen-bond acceptors (Lipinski definition) is 5. The number of carboxylic acids is 1. The molecule has 4 rings (SSSR count). The maximum Gasteiger partial charge on any atom is 0.323 e. The third-order valence-corrected chi connectivity index (χ3v) is 5.38. The zero-order chi connectivity index (χ0) is 19.1. The second kappa shape index (κ2) is 6.81. The maximum atomic E-state index is 11.4. The molecule has 3 aromatic heterocycles. The molecule has 1 atom stereocenters. The van der Waals surface area contributed by atoms with E-state index in [0.717, 1.165) is 47.2 Å². The van der Waals surface area contributed by atoms with Gasteiger partial charge in [-0.1, -0.05) is 11.6 Å². The molecule has 0 saturated carbocycles. The number of aliphatic carboxylic acids is 1. The lowest BCUT2D eigenvalue weighted by Gasteiger charge is -2.31. The lowest BCUT2D eigenvalue weighted by molar-refractivity contribution is -0.137. The third kappa shape index (κ3) is 3.23. The van der Waals surface area contributed by atoms with Crippen LogP contribution in [0.25, 0.3) is 11.0 Å². The van der Waals surface area contributed by atoms with Crippen molar-refractivity contribution in [1.29, 1.82) is 0 Å². The molecule has 1 N–H and O–H groups in total. The van der Waals surface area contributed by atoms with Gasteiger partial charge in [-0.05, 0) is 38.3 Å². The minimum atomic E-state index is -0.843. The Morgan fingerprint density at radius 1 is 1.37 bits per heavy atom. The van der Waals surface area contributed by atoms with Crippen molar-refractivity contribution >= 4 is 34.6 Å². The summed E-state index contributed by atoms with van der Waals surface area (Å²) in [5.41, 5.74) is 4.92. The molecule has 1 aliphatic rings. The smallest absolute Gasteiger partial charge is 0.323 e. The summed E-state index contributed by atoms with van der Waals surface area (Å²) in [7, 11) is 1.98. The molecule has 3 heterocycles. The zero-order valence-electron chi connectivity index (χ0n) is 15.2. The van der Waals surface area contributed by atoms with Crippen LogP contribution in [0.15, 0.2) is 24.5 Å². The minimum absolute atomic E-state index is 0.0443. The van der Waals surface area contributed by atoms with Gasteiger partial charge in [-0.3, -0.25) is 9.78 Å². The van der Waals surface area contributed by atoms with Crippen LogP contribution in [0.4, 0.5) is 5.95 Å². The van der Waals surface area contributed by atoms with Gasteiger partial charge in [-0.25, -0.2) is 9.97 Å². The van der Waals surface area contributed by atoms with Crippen molar-refractivity contribution in [3.63, 3.8) is 0 Å². The molecule has 27 heavy (non-hydrogen) atoms. The van der Waals surface area contributed by atoms with Crippen molar-refractivity contribution in [2.45, 2.75) is 38.8 Å². The first kappa shape index (κ1) is 17.7. The number of rotatable bonds is 4. The Hall–Kier alpha value is -2.67. The van der Waals surface area contributed by atoms with Crippen molar-refractivity contribution < 1.29 is 9.90 Å². The second-order valence-electron chi connectivity index (χ2n) is 6.93. The van der Waals surface area contributed by atoms with Gasteiger partial charge in [0.15, 0.2) is 0 Å². The fraction of sp³-hybridized carbons (Fsp3) is 0.368. The molecule has 7 nitrogen and oxygen atoms in total. The van der Waals surface area contributed by atoms with Crippen LogP contribution < -0.4 is 4.90 Å². The molecular formula is C19H20ClN5O2. The lowest BCUT2D eigenvalue weighted by atomic mass is 9.91. The van der Waals surface area contributed by atoms with E-state index in [1.807, 2.05) is 30.7 Å². The first-order valence-electron chi connectivity index (χ1n) is 8.84. The summed E-state index contributed by atoms with van der Waals surface area (Å²) >= 11 is 5.89. The predicted octanol–water partition coefficient (Wildman–Crippen LogP) is 2.87. The van der Waals surface area contributed by atoms with E-state index in [4.69, 9.17) is 16.6 Å². The summed E-state index contributed by atoms with van der Waals surface area (Å²) in [6.07, 6.45) is 5.65. The summed E-state index contributed by atoms with van der Waals surface area (Å²) in [5, 5.41) is 9.84. The molecule has 140 valence electrons. The van der Waals surface area contributed by atoms with Gasteiger partial charge in [0.2, 0.25) is 5.95 Å². The van der Waals surface area contributed by atoms with Crippen LogP contribution in [0.5, 0.6) is 0 Å². The van der Waals surface area contributed by atoms with Gasteiger partial charge >= 0.3 is 5.97 Å². The van der Waals surface area contributed by atoms with Gasteiger partial charge in [-0.15, -0.1) is 0 Å². The van der Waals surface area contributed by atoms with Crippen molar-refractivity contribution in [3.8, 4) is 0 Å². The van der Waals surface area contributed by atoms with Crippen molar-refractivity contribution in [2.24, 2.45) is 0 Å². The number of likely N-dealkylation sites (N-methyl/N-ethyl adjacent to an activating group) is 1. The van der Waals surface area contributed by atoms with E-state index in [2.05, 4.69) is 14.9 Å². The minimum Gasteiger partial charge on any atom is -0.480 e. The fourth-order valence-electron chi connectivity index (χ4n) is 3.87. The molecule has 0 fully saturated rings. The van der Waals surface area contributed by atoms with E-state index in [0.29, 0.717) is 11.0 Å². The highest BCUT2D eigenvalue weighted by Gasteiger charge is 2.29. The molecule has 0 aromatic carbocycles. The number of halogens is 1. The molecular weight excluding hydrogens is 366 g/mol. The molecule has 8 heteroatoms. The molecule has 1 unspecified atom stereocenters. The van der Waals surface area contributed by atoms with E-state index in [9.17, 15) is 9.90 Å². The number of fused-ring (bicyclic) bond motifs is 3. The maximum absolute atomic E-state index is 11.4. The van der Waals surface area contributed by atoms with Crippen LogP contribution in [-0.2, 0) is 24.2 Å². The lowest BCUT2D eigenvalue weighted by Crippen LogP contribution is -2.37. The number of nitrogens with zero attached hydrogens (tertiary/aromatic N) is 5. The van der Waals surface area contributed by atoms with Crippen LogP contribution in [0, 0.1) is 6.92 Å². The van der Waals surface area contributed by atoms with Crippen molar-refractivity contribution in [1.82, 2.24) is 19.5 Å². The SMILES string of the molecule is Cc1ccc2c(n1)c1c(n2CC(=O)O)CCC(N(C)c2ncc(Cl)cn2)C1. The Morgan fingerprint density at radius 2 is 2.11 bits per heavy atom. The van der Waals surface area contributed by atoms with Gasteiger partial charge in [0, 0.05) is 30.0 Å². The summed E-state index contributed by atoms with van der Waals surface area (Å²) in [6.45, 7) is 1.91. The number of aromatic nitrogens is 4. The first-order valence-corrected chi connectivity index (χ1v) is 9.21. The average Bonchev–Trinajstić information content (AvgIpc) is 2.94. The van der Waals surface area contributed by atoms with Gasteiger partial charge in [-0.2, -0.15) is 0 Å². The predicted molar refractivity (Wildman–Crippen MR) is 103 cm³/mol. The summed E-state index contributed by atoms with van der Waals surface area (Å²) in [4.78, 5) is 26.8. The summed E-state index contributed by atoms with van der Waals surface area (Å²) in [6, 6.07) is 4.11. The zero-order valence-corrected chi connectivity index (χ0v) is 15.9. The Kier molecular flexibility index (Phi) is 4.47. The molecule has 0 bridgehead atoms. The van der Waals surface area contributed by atoms with Gasteiger partial charge < -0.3 is 14.6 Å². The second-order valence-corrected chi connectivity index (χ2v) is 7.37. The molecule has 3 aromatic rings. The Labute approximate surface area is 161 Å². The molecule has 0 saturated heterocycles. The van der Waals surface area contributed by atoms with Crippen LogP contribution in [0.2, 0.25) is 5.02 Å². The van der Waals surface area contributed by atoms with E-state index < -0.39 is 5.97 Å². The summed E-state index contributed by atoms with van der Waals surface area (Å²) in [5.74, 6) is -0.213. The van der Waals surface area contributed by atoms with Crippen LogP contribution in [0.3, 0.4) is 0 Å². The Morgan fingerprint density at radius 3 is 2.81 bits per heavy atom. The monoisotopic (exact) mass is 385 g/mol. The largest absolute Gasteiger partial charge is 0.480 e. The van der Waals surface area contributed by atoms with Crippen LogP contribution in [0.1, 0.15) is 23.4 Å². The highest BCUT2D eigenvalue weighted by atomic mass is 35.5. The third-order valence-electron chi connectivity index (χ3n) is 5.18. The molecule has 0 radical (unpaired) electrons. The number of pyridine rings is 1. The molecule has 0 aliphatic heterocycles. The highest BCUT2D eigenvalue weighted by molar-refractivity contribution is 6.30. The number of aryl methyl sites for hydroxylation is 1. The molecule has 0 spiro atoms. The van der Waals surface area contributed by atoms with E-state index in [1.165, 1.54) is 0 Å². The Balaban J connectivity index is 1.73. The first-order chi connectivity index (χ1) is 12.9. The van der Waals surface area contributed by atoms with E-state index in [-0.39, 0.29) is 12.6 Å². The molecule has 0 amide bonds. The summed E-state index contributed by atoms with van der Waals surface area (Å²) < 4.78 is 1.90.